The topological polar surface area (TPSA) is 184 Å². The number of amides is 1. The molecule has 0 aromatic heterocycles. The highest BCUT2D eigenvalue weighted by molar-refractivity contribution is 5.99. The summed E-state index contributed by atoms with van der Waals surface area (Å²) in [5.74, 6) is -4.80. The number of cyclic esters (lactones) is 1. The first-order chi connectivity index (χ1) is 23.8. The third-order valence-electron chi connectivity index (χ3n) is 11.0. The van der Waals surface area contributed by atoms with Gasteiger partial charge < -0.3 is 48.4 Å². The Morgan fingerprint density at radius 3 is 2.37 bits per heavy atom. The number of hydrogen-bond acceptors (Lipinski definition) is 14. The summed E-state index contributed by atoms with van der Waals surface area (Å²) in [6.45, 7) is 14.7. The molecule has 4 aliphatic rings. The summed E-state index contributed by atoms with van der Waals surface area (Å²) in [5.41, 5.74) is -2.35. The average molecular weight is 726 g/mol. The fraction of sp³-hybridized carbons (Fsp3) is 0.861. The number of rotatable bonds is 5. The van der Waals surface area contributed by atoms with Gasteiger partial charge in [0.25, 0.3) is 5.91 Å². The van der Waals surface area contributed by atoms with Crippen molar-refractivity contribution in [3.8, 4) is 0 Å². The van der Waals surface area contributed by atoms with E-state index in [1.54, 1.807) is 20.8 Å². The van der Waals surface area contributed by atoms with Gasteiger partial charge in [0, 0.05) is 24.5 Å². The number of aliphatic imine (C=N–C) groups is 1. The molecule has 0 aliphatic carbocycles. The van der Waals surface area contributed by atoms with E-state index in [4.69, 9.17) is 33.3 Å². The molecule has 2 N–H and O–H groups in total. The van der Waals surface area contributed by atoms with Crippen molar-refractivity contribution in [2.45, 2.75) is 142 Å². The van der Waals surface area contributed by atoms with Crippen LogP contribution >= 0.6 is 0 Å². The molecule has 0 aromatic rings. The van der Waals surface area contributed by atoms with Crippen molar-refractivity contribution in [2.24, 2.45) is 33.8 Å². The van der Waals surface area contributed by atoms with Crippen LogP contribution in [0.1, 0.15) is 81.6 Å². The van der Waals surface area contributed by atoms with Gasteiger partial charge in [-0.25, -0.2) is 4.99 Å². The van der Waals surface area contributed by atoms with Gasteiger partial charge in [-0.05, 0) is 67.0 Å². The number of aliphatic hydroxyl groups excluding tert-OH is 1. The number of ether oxygens (including phenoxy) is 6. The number of carbonyl (C=O) groups is 3. The highest BCUT2D eigenvalue weighted by Gasteiger charge is 2.53. The van der Waals surface area contributed by atoms with Crippen LogP contribution < -0.4 is 0 Å². The van der Waals surface area contributed by atoms with Gasteiger partial charge in [0.05, 0.1) is 55.2 Å². The molecule has 0 spiro atoms. The lowest BCUT2D eigenvalue weighted by molar-refractivity contribution is -0.304. The van der Waals surface area contributed by atoms with Crippen molar-refractivity contribution < 1.29 is 57.9 Å². The van der Waals surface area contributed by atoms with Gasteiger partial charge in [0.1, 0.15) is 17.4 Å². The molecule has 0 radical (unpaired) electrons. The van der Waals surface area contributed by atoms with E-state index < -0.39 is 96.1 Å². The highest BCUT2D eigenvalue weighted by Crippen LogP contribution is 2.41. The van der Waals surface area contributed by atoms with Gasteiger partial charge in [-0.2, -0.15) is 0 Å². The fourth-order valence-electron chi connectivity index (χ4n) is 8.23. The Hall–Kier alpha value is -2.53. The molecule has 4 heterocycles. The molecule has 14 atom stereocenters. The van der Waals surface area contributed by atoms with Gasteiger partial charge in [-0.15, -0.1) is 0 Å². The van der Waals surface area contributed by atoms with E-state index in [0.29, 0.717) is 12.1 Å². The third-order valence-corrected chi connectivity index (χ3v) is 11.0. The summed E-state index contributed by atoms with van der Waals surface area (Å²) in [6.07, 6.45) is -5.62. The predicted octanol–water partition coefficient (Wildman–Crippen LogP) is 2.28. The smallest absolute Gasteiger partial charge is 0.311 e. The third kappa shape index (κ3) is 9.17. The molecule has 3 fully saturated rings. The Balaban J connectivity index is 1.96. The number of nitrogens with zero attached hydrogens (tertiary/aromatic N) is 3. The summed E-state index contributed by atoms with van der Waals surface area (Å²) in [6, 6.07) is -0.261. The Bertz CT molecular complexity index is 1320. The lowest BCUT2D eigenvalue weighted by Gasteiger charge is -2.49. The second-order valence-corrected chi connectivity index (χ2v) is 15.5. The lowest BCUT2D eigenvalue weighted by Crippen LogP contribution is -2.61. The van der Waals surface area contributed by atoms with Crippen molar-refractivity contribution in [3.63, 3.8) is 0 Å². The van der Waals surface area contributed by atoms with Crippen molar-refractivity contribution in [1.29, 1.82) is 0 Å². The first-order valence-corrected chi connectivity index (χ1v) is 18.1. The zero-order chi connectivity index (χ0) is 38.0. The second kappa shape index (κ2) is 16.6. The van der Waals surface area contributed by atoms with Crippen molar-refractivity contribution in [2.75, 3.05) is 33.9 Å². The summed E-state index contributed by atoms with van der Waals surface area (Å²) in [7, 11) is 3.78. The SMILES string of the molecule is CC[C@H]1OC(=O)[C@H](C)[C@@H](O)[C@H](C)[C@@H](O[C@@H]2O[C@H](C)C[C@H](N(C)C)[C@H]2OC(C)=O)[C@@]2(C)C[C@@H](C)C3=NC(=O)CO/N=C(\CO[C@@H]([C@@H]3C)[C@]1(C)O)CO2. The van der Waals surface area contributed by atoms with E-state index in [2.05, 4.69) is 10.1 Å². The Labute approximate surface area is 301 Å². The molecule has 0 aromatic carbocycles. The predicted molar refractivity (Wildman–Crippen MR) is 185 cm³/mol. The zero-order valence-corrected chi connectivity index (χ0v) is 32.0. The Kier molecular flexibility index (Phi) is 13.5. The molecule has 4 rings (SSSR count). The lowest BCUT2D eigenvalue weighted by atomic mass is 9.73. The minimum Gasteiger partial charge on any atom is -0.459 e. The standard InChI is InChI=1S/C36H59N3O12/c1-12-26-36(9,44)32-20(4)28-18(2)14-35(8,46-16-24(15-45-32)38-47-17-27(41)37-28)31(21(5)29(42)22(6)33(43)50-26)51-34-30(49-23(7)40)25(39(10)11)13-19(3)48-34/h18-22,25-26,29-32,34,42,44H,12-17H2,1-11H3/b37-28?,38-24+/t18-,19-,20-,21+,22-,25+,26-,29+,30-,31-,32+,34+,35-,36-/m1/s1. The van der Waals surface area contributed by atoms with Crippen molar-refractivity contribution in [1.82, 2.24) is 4.90 Å². The number of aliphatic hydroxyl groups is 2. The molecule has 1 amide bonds. The first kappa shape index (κ1) is 41.2. The van der Waals surface area contributed by atoms with E-state index in [1.165, 1.54) is 13.8 Å². The largest absolute Gasteiger partial charge is 0.459 e. The van der Waals surface area contributed by atoms with Crippen LogP contribution in [0.25, 0.3) is 0 Å². The van der Waals surface area contributed by atoms with Crippen LogP contribution in [0, 0.1) is 23.7 Å². The van der Waals surface area contributed by atoms with E-state index >= 15 is 0 Å². The normalized spacial score (nSPS) is 44.2. The molecule has 0 unspecified atom stereocenters. The monoisotopic (exact) mass is 725 g/mol. The summed E-state index contributed by atoms with van der Waals surface area (Å²) in [5, 5.41) is 28.3. The van der Waals surface area contributed by atoms with E-state index in [-0.39, 0.29) is 43.9 Å². The number of fused-ring (bicyclic) bond motifs is 4. The molecule has 0 saturated carbocycles. The molecule has 290 valence electrons. The van der Waals surface area contributed by atoms with Crippen LogP contribution in [0.3, 0.4) is 0 Å². The van der Waals surface area contributed by atoms with Crippen LogP contribution in [0.5, 0.6) is 0 Å². The van der Waals surface area contributed by atoms with Gasteiger partial charge in [-0.1, -0.05) is 32.9 Å². The maximum atomic E-state index is 13.8. The number of esters is 2. The summed E-state index contributed by atoms with van der Waals surface area (Å²) in [4.78, 5) is 51.3. The maximum Gasteiger partial charge on any atom is 0.311 e. The van der Waals surface area contributed by atoms with Crippen molar-refractivity contribution >= 4 is 29.3 Å². The maximum absolute atomic E-state index is 13.8. The molecular weight excluding hydrogens is 666 g/mol. The number of oxime groups is 1. The van der Waals surface area contributed by atoms with Crippen LogP contribution in [0.15, 0.2) is 10.1 Å². The quantitative estimate of drug-likeness (QED) is 0.394. The van der Waals surface area contributed by atoms with Crippen LogP contribution in [0.2, 0.25) is 0 Å². The van der Waals surface area contributed by atoms with Crippen LogP contribution in [-0.4, -0.2) is 138 Å². The molecule has 3 saturated heterocycles. The summed E-state index contributed by atoms with van der Waals surface area (Å²) >= 11 is 0. The van der Waals surface area contributed by atoms with Gasteiger partial charge >= 0.3 is 11.9 Å². The van der Waals surface area contributed by atoms with E-state index in [1.807, 2.05) is 46.7 Å². The molecule has 15 nitrogen and oxygen atoms in total. The molecule has 4 bridgehead atoms. The van der Waals surface area contributed by atoms with Gasteiger partial charge in [0.2, 0.25) is 0 Å². The minimum absolute atomic E-state index is 0.131. The number of carbonyl (C=O) groups excluding carboxylic acids is 3. The van der Waals surface area contributed by atoms with E-state index in [0.717, 1.165) is 0 Å². The van der Waals surface area contributed by atoms with Crippen molar-refractivity contribution in [3.05, 3.63) is 0 Å². The first-order valence-electron chi connectivity index (χ1n) is 18.1. The van der Waals surface area contributed by atoms with Crippen LogP contribution in [-0.2, 0) is 47.6 Å². The molecular formula is C36H59N3O12. The summed E-state index contributed by atoms with van der Waals surface area (Å²) < 4.78 is 38.3. The number of hydrogen-bond donors (Lipinski definition) is 2. The molecule has 4 aliphatic heterocycles. The Morgan fingerprint density at radius 1 is 1.06 bits per heavy atom. The minimum atomic E-state index is -1.76. The molecule has 51 heavy (non-hydrogen) atoms. The number of likely N-dealkylation sites (N-methyl/N-ethyl adjacent to an activating group) is 1. The fourth-order valence-corrected chi connectivity index (χ4v) is 8.23. The van der Waals surface area contributed by atoms with Crippen LogP contribution in [0.4, 0.5) is 0 Å². The van der Waals surface area contributed by atoms with Gasteiger partial charge in [0.15, 0.2) is 19.0 Å². The zero-order valence-electron chi connectivity index (χ0n) is 32.0. The van der Waals surface area contributed by atoms with Gasteiger partial charge in [-0.3, -0.25) is 14.4 Å². The Morgan fingerprint density at radius 2 is 1.75 bits per heavy atom. The highest BCUT2D eigenvalue weighted by atomic mass is 16.7. The molecule has 15 heteroatoms. The van der Waals surface area contributed by atoms with E-state index in [9.17, 15) is 24.6 Å². The average Bonchev–Trinajstić information content (AvgIpc) is 3.08. The second-order valence-electron chi connectivity index (χ2n) is 15.5.